The number of aryl methyl sites for hydroxylation is 2. The number of imidazole rings is 1. The number of carbonyl (C=O) groups excluding carboxylic acids is 1. The molecule has 0 saturated carbocycles. The molecule has 0 aliphatic heterocycles. The van der Waals surface area contributed by atoms with Gasteiger partial charge in [0.2, 0.25) is 0 Å². The minimum absolute atomic E-state index is 0.123. The van der Waals surface area contributed by atoms with Gasteiger partial charge in [-0.05, 0) is 44.7 Å². The van der Waals surface area contributed by atoms with Crippen molar-refractivity contribution in [3.8, 4) is 11.8 Å². The first-order valence-corrected chi connectivity index (χ1v) is 11.2. The maximum atomic E-state index is 12.7. The standard InChI is InChI=1S/C21H20N4OS2/c1-14-12-27-20(23-14)16(11-22)19(26)13-28-21-24-17-9-5-6-10-18(17)25(21)15-7-3-2-4-8-15/h2-4,7-8,12,16H,5-6,9-10,13H2,1H3/t16-/m1/s1. The summed E-state index contributed by atoms with van der Waals surface area (Å²) in [5, 5.41) is 12.8. The van der Waals surface area contributed by atoms with Gasteiger partial charge in [0, 0.05) is 22.5 Å². The van der Waals surface area contributed by atoms with E-state index in [1.54, 1.807) is 0 Å². The van der Waals surface area contributed by atoms with Crippen molar-refractivity contribution < 1.29 is 4.79 Å². The molecule has 0 amide bonds. The monoisotopic (exact) mass is 408 g/mol. The summed E-state index contributed by atoms with van der Waals surface area (Å²) >= 11 is 2.79. The second-order valence-corrected chi connectivity index (χ2v) is 8.64. The fourth-order valence-electron chi connectivity index (χ4n) is 3.44. The lowest BCUT2D eigenvalue weighted by Crippen LogP contribution is -2.14. The zero-order valence-electron chi connectivity index (χ0n) is 15.6. The van der Waals surface area contributed by atoms with E-state index in [9.17, 15) is 10.1 Å². The number of nitrogens with zero attached hydrogens (tertiary/aromatic N) is 4. The first-order chi connectivity index (χ1) is 13.7. The summed E-state index contributed by atoms with van der Waals surface area (Å²) in [6.07, 6.45) is 4.30. The van der Waals surface area contributed by atoms with Gasteiger partial charge in [0.05, 0.1) is 17.5 Å². The van der Waals surface area contributed by atoms with E-state index in [0.717, 1.165) is 47.9 Å². The van der Waals surface area contributed by atoms with E-state index in [0.29, 0.717) is 5.01 Å². The molecule has 1 atom stereocenters. The third kappa shape index (κ3) is 3.75. The second kappa shape index (κ2) is 8.29. The van der Waals surface area contributed by atoms with Crippen molar-refractivity contribution in [2.45, 2.75) is 43.7 Å². The molecule has 4 rings (SSSR count). The highest BCUT2D eigenvalue weighted by Gasteiger charge is 2.26. The quantitative estimate of drug-likeness (QED) is 0.562. The number of thioether (sulfide) groups is 1. The highest BCUT2D eigenvalue weighted by atomic mass is 32.2. The molecule has 0 fully saturated rings. The summed E-state index contributed by atoms with van der Waals surface area (Å²) in [6, 6.07) is 12.3. The van der Waals surface area contributed by atoms with Crippen molar-refractivity contribution in [1.29, 1.82) is 5.26 Å². The van der Waals surface area contributed by atoms with Gasteiger partial charge in [0.1, 0.15) is 5.01 Å². The van der Waals surface area contributed by atoms with Crippen LogP contribution in [-0.2, 0) is 17.6 Å². The lowest BCUT2D eigenvalue weighted by atomic mass is 10.0. The van der Waals surface area contributed by atoms with Gasteiger partial charge in [-0.15, -0.1) is 11.3 Å². The van der Waals surface area contributed by atoms with Crippen LogP contribution in [0.4, 0.5) is 0 Å². The molecule has 2 aromatic heterocycles. The second-order valence-electron chi connectivity index (χ2n) is 6.81. The molecule has 7 heteroatoms. The Labute approximate surface area is 172 Å². The molecule has 3 aromatic rings. The van der Waals surface area contributed by atoms with E-state index >= 15 is 0 Å². The summed E-state index contributed by atoms with van der Waals surface area (Å²) in [4.78, 5) is 21.9. The topological polar surface area (TPSA) is 71.6 Å². The van der Waals surface area contributed by atoms with Crippen LogP contribution in [0.25, 0.3) is 5.69 Å². The average Bonchev–Trinajstić information content (AvgIpc) is 3.31. The molecule has 5 nitrogen and oxygen atoms in total. The number of carbonyl (C=O) groups is 1. The van der Waals surface area contributed by atoms with Crippen molar-refractivity contribution >= 4 is 28.9 Å². The van der Waals surface area contributed by atoms with E-state index in [2.05, 4.69) is 27.8 Å². The van der Waals surface area contributed by atoms with Crippen LogP contribution in [0.5, 0.6) is 0 Å². The number of Topliss-reactive ketones (excluding diaryl/α,β-unsaturated/α-hetero) is 1. The van der Waals surface area contributed by atoms with E-state index in [1.165, 1.54) is 28.8 Å². The van der Waals surface area contributed by atoms with Gasteiger partial charge in [-0.3, -0.25) is 9.36 Å². The van der Waals surface area contributed by atoms with Crippen molar-refractivity contribution in [1.82, 2.24) is 14.5 Å². The van der Waals surface area contributed by atoms with Gasteiger partial charge in [-0.25, -0.2) is 9.97 Å². The number of hydrogen-bond acceptors (Lipinski definition) is 6. The van der Waals surface area contributed by atoms with Gasteiger partial charge >= 0.3 is 0 Å². The van der Waals surface area contributed by atoms with Crippen LogP contribution in [0.3, 0.4) is 0 Å². The molecule has 142 valence electrons. The van der Waals surface area contributed by atoms with Crippen molar-refractivity contribution in [3.63, 3.8) is 0 Å². The predicted molar refractivity (Wildman–Crippen MR) is 111 cm³/mol. The van der Waals surface area contributed by atoms with Crippen LogP contribution in [0.15, 0.2) is 40.9 Å². The zero-order chi connectivity index (χ0) is 19.5. The molecule has 0 N–H and O–H groups in total. The van der Waals surface area contributed by atoms with Crippen LogP contribution in [-0.4, -0.2) is 26.1 Å². The molecular weight excluding hydrogens is 388 g/mol. The highest BCUT2D eigenvalue weighted by molar-refractivity contribution is 7.99. The fourth-order valence-corrected chi connectivity index (χ4v) is 5.26. The lowest BCUT2D eigenvalue weighted by Gasteiger charge is -2.15. The van der Waals surface area contributed by atoms with Crippen LogP contribution >= 0.6 is 23.1 Å². The summed E-state index contributed by atoms with van der Waals surface area (Å²) in [5.41, 5.74) is 4.30. The van der Waals surface area contributed by atoms with Crippen LogP contribution in [0.1, 0.15) is 40.8 Å². The number of nitriles is 1. The first kappa shape index (κ1) is 18.9. The Balaban J connectivity index is 1.59. The first-order valence-electron chi connectivity index (χ1n) is 9.30. The molecule has 0 saturated heterocycles. The largest absolute Gasteiger partial charge is 0.297 e. The molecular formula is C21H20N4OS2. The normalized spacial score (nSPS) is 14.3. The molecule has 1 aromatic carbocycles. The third-order valence-electron chi connectivity index (χ3n) is 4.79. The number of fused-ring (bicyclic) bond motifs is 1. The Morgan fingerprint density at radius 2 is 2.07 bits per heavy atom. The van der Waals surface area contributed by atoms with E-state index < -0.39 is 5.92 Å². The van der Waals surface area contributed by atoms with Gasteiger partial charge < -0.3 is 0 Å². The van der Waals surface area contributed by atoms with Crippen LogP contribution in [0.2, 0.25) is 0 Å². The zero-order valence-corrected chi connectivity index (χ0v) is 17.2. The predicted octanol–water partition coefficient (Wildman–Crippen LogP) is 4.48. The summed E-state index contributed by atoms with van der Waals surface area (Å²) in [5.74, 6) is -0.719. The third-order valence-corrected chi connectivity index (χ3v) is 6.78. The molecule has 2 heterocycles. The number of thiazole rings is 1. The Kier molecular flexibility index (Phi) is 5.60. The molecule has 0 spiro atoms. The fraction of sp³-hybridized carbons (Fsp3) is 0.333. The molecule has 0 unspecified atom stereocenters. The number of para-hydroxylation sites is 1. The summed E-state index contributed by atoms with van der Waals surface area (Å²) in [7, 11) is 0. The number of benzene rings is 1. The Bertz CT molecular complexity index is 1030. The van der Waals surface area contributed by atoms with Crippen LogP contribution in [0, 0.1) is 18.3 Å². The maximum Gasteiger partial charge on any atom is 0.173 e. The Hall–Kier alpha value is -2.43. The molecule has 28 heavy (non-hydrogen) atoms. The van der Waals surface area contributed by atoms with E-state index in [-0.39, 0.29) is 11.5 Å². The van der Waals surface area contributed by atoms with E-state index in [4.69, 9.17) is 4.98 Å². The number of aromatic nitrogens is 3. The lowest BCUT2D eigenvalue weighted by molar-refractivity contribution is -0.116. The van der Waals surface area contributed by atoms with Gasteiger partial charge in [0.15, 0.2) is 16.9 Å². The maximum absolute atomic E-state index is 12.7. The minimum atomic E-state index is -0.805. The average molecular weight is 409 g/mol. The van der Waals surface area contributed by atoms with E-state index in [1.807, 2.05) is 30.5 Å². The SMILES string of the molecule is Cc1csc([C@H](C#N)C(=O)CSc2nc3c(n2-c2ccccc2)CCCC3)n1. The molecule has 1 aliphatic carbocycles. The van der Waals surface area contributed by atoms with Crippen molar-refractivity contribution in [2.75, 3.05) is 5.75 Å². The van der Waals surface area contributed by atoms with Gasteiger partial charge in [-0.1, -0.05) is 30.0 Å². The summed E-state index contributed by atoms with van der Waals surface area (Å²) in [6.45, 7) is 1.87. The highest BCUT2D eigenvalue weighted by Crippen LogP contribution is 2.31. The van der Waals surface area contributed by atoms with Crippen molar-refractivity contribution in [3.05, 3.63) is 57.8 Å². The Morgan fingerprint density at radius 1 is 1.29 bits per heavy atom. The summed E-state index contributed by atoms with van der Waals surface area (Å²) < 4.78 is 2.18. The van der Waals surface area contributed by atoms with Crippen LogP contribution < -0.4 is 0 Å². The Morgan fingerprint density at radius 3 is 2.79 bits per heavy atom. The van der Waals surface area contributed by atoms with Gasteiger partial charge in [-0.2, -0.15) is 5.26 Å². The molecule has 1 aliphatic rings. The minimum Gasteiger partial charge on any atom is -0.297 e. The van der Waals surface area contributed by atoms with Crippen molar-refractivity contribution in [2.24, 2.45) is 0 Å². The molecule has 0 bridgehead atoms. The molecule has 0 radical (unpaired) electrons. The van der Waals surface area contributed by atoms with Gasteiger partial charge in [0.25, 0.3) is 0 Å². The number of hydrogen-bond donors (Lipinski definition) is 0. The number of ketones is 1. The smallest absolute Gasteiger partial charge is 0.173 e. The number of rotatable bonds is 6.